The second kappa shape index (κ2) is 7.50. The molecule has 0 N–H and O–H groups in total. The van der Waals surface area contributed by atoms with Crippen LogP contribution in [-0.4, -0.2) is 12.5 Å². The molecule has 1 aliphatic heterocycles. The first-order chi connectivity index (χ1) is 13.3. The summed E-state index contributed by atoms with van der Waals surface area (Å²) < 4.78 is 6.04. The Kier molecular flexibility index (Phi) is 4.75. The number of nitrogens with zero attached hydrogens (tertiary/aromatic N) is 1. The predicted molar refractivity (Wildman–Crippen MR) is 110 cm³/mol. The summed E-state index contributed by atoms with van der Waals surface area (Å²) in [7, 11) is 0. The van der Waals surface area contributed by atoms with Crippen molar-refractivity contribution in [3.63, 3.8) is 0 Å². The lowest BCUT2D eigenvalue weighted by Crippen LogP contribution is -2.25. The Morgan fingerprint density at radius 1 is 0.889 bits per heavy atom. The minimum absolute atomic E-state index is 0.0385. The van der Waals surface area contributed by atoms with Crippen LogP contribution in [-0.2, 0) is 11.4 Å². The number of ether oxygens (including phenoxy) is 1. The second-order valence-corrected chi connectivity index (χ2v) is 6.44. The number of carbonyl (C=O) groups excluding carboxylic acids is 1. The maximum Gasteiger partial charge on any atom is 0.258 e. The smallest absolute Gasteiger partial charge is 0.258 e. The van der Waals surface area contributed by atoms with Crippen molar-refractivity contribution in [3.8, 4) is 5.75 Å². The molecule has 27 heavy (non-hydrogen) atoms. The molecular weight excluding hydrogens is 334 g/mol. The highest BCUT2D eigenvalue weighted by molar-refractivity contribution is 6.35. The minimum Gasteiger partial charge on any atom is -0.488 e. The number of carbonyl (C=O) groups is 1. The van der Waals surface area contributed by atoms with Crippen molar-refractivity contribution in [2.24, 2.45) is 0 Å². The summed E-state index contributed by atoms with van der Waals surface area (Å²) in [5, 5.41) is 0. The Bertz CT molecular complexity index is 992. The molecule has 3 heteroatoms. The van der Waals surface area contributed by atoms with Crippen LogP contribution in [0.15, 0.2) is 78.9 Å². The Balaban J connectivity index is 1.67. The zero-order chi connectivity index (χ0) is 18.6. The Hall–Kier alpha value is -3.33. The summed E-state index contributed by atoms with van der Waals surface area (Å²) in [5.41, 5.74) is 4.67. The van der Waals surface area contributed by atoms with Crippen molar-refractivity contribution in [2.75, 3.05) is 11.4 Å². The van der Waals surface area contributed by atoms with Crippen molar-refractivity contribution >= 4 is 23.2 Å². The topological polar surface area (TPSA) is 29.5 Å². The number of hydrogen-bond acceptors (Lipinski definition) is 2. The summed E-state index contributed by atoms with van der Waals surface area (Å²) in [5.74, 6) is 0.811. The van der Waals surface area contributed by atoms with E-state index in [2.05, 4.69) is 0 Å². The van der Waals surface area contributed by atoms with Crippen LogP contribution in [0, 0.1) is 0 Å². The fraction of sp³-hybridized carbons (Fsp3) is 0.125. The number of amides is 1. The molecule has 0 radical (unpaired) electrons. The number of benzene rings is 3. The number of para-hydroxylation sites is 2. The number of hydrogen-bond donors (Lipinski definition) is 0. The summed E-state index contributed by atoms with van der Waals surface area (Å²) in [6, 6.07) is 25.8. The summed E-state index contributed by atoms with van der Waals surface area (Å²) in [6.45, 7) is 3.14. The second-order valence-electron chi connectivity index (χ2n) is 6.44. The van der Waals surface area contributed by atoms with E-state index < -0.39 is 0 Å². The Morgan fingerprint density at radius 3 is 2.41 bits per heavy atom. The fourth-order valence-corrected chi connectivity index (χ4v) is 3.38. The molecule has 0 atom stereocenters. The van der Waals surface area contributed by atoms with Crippen LogP contribution in [0.25, 0.3) is 11.6 Å². The highest BCUT2D eigenvalue weighted by atomic mass is 16.5. The quantitative estimate of drug-likeness (QED) is 0.591. The molecule has 0 spiro atoms. The number of rotatable bonds is 5. The molecule has 0 bridgehead atoms. The SMILES string of the molecule is CCN1C(=O)/C(=C\c2ccccc2OCc2ccccc2)c2ccccc21. The van der Waals surface area contributed by atoms with Gasteiger partial charge in [0.25, 0.3) is 5.91 Å². The van der Waals surface area contributed by atoms with Gasteiger partial charge >= 0.3 is 0 Å². The van der Waals surface area contributed by atoms with Crippen molar-refractivity contribution < 1.29 is 9.53 Å². The van der Waals surface area contributed by atoms with E-state index in [4.69, 9.17) is 4.74 Å². The van der Waals surface area contributed by atoms with Gasteiger partial charge in [0.2, 0.25) is 0 Å². The van der Waals surface area contributed by atoms with Crippen molar-refractivity contribution in [3.05, 3.63) is 95.6 Å². The molecule has 1 aliphatic rings. The molecule has 1 amide bonds. The molecule has 3 aromatic rings. The lowest BCUT2D eigenvalue weighted by Gasteiger charge is -2.13. The van der Waals surface area contributed by atoms with Crippen LogP contribution in [0.4, 0.5) is 5.69 Å². The van der Waals surface area contributed by atoms with E-state index in [1.807, 2.05) is 96.8 Å². The van der Waals surface area contributed by atoms with Gasteiger partial charge in [0.15, 0.2) is 0 Å². The van der Waals surface area contributed by atoms with Gasteiger partial charge in [0.1, 0.15) is 12.4 Å². The van der Waals surface area contributed by atoms with Gasteiger partial charge in [-0.2, -0.15) is 0 Å². The number of likely N-dealkylation sites (N-methyl/N-ethyl adjacent to an activating group) is 1. The third kappa shape index (κ3) is 3.36. The van der Waals surface area contributed by atoms with Crippen molar-refractivity contribution in [1.29, 1.82) is 0 Å². The standard InChI is InChI=1S/C24H21NO2/c1-2-25-22-14-8-7-13-20(22)21(24(25)26)16-19-12-6-9-15-23(19)27-17-18-10-4-3-5-11-18/h3-16H,2,17H2,1H3/b21-16-. The van der Waals surface area contributed by atoms with Crippen LogP contribution in [0.1, 0.15) is 23.6 Å². The molecule has 3 aromatic carbocycles. The van der Waals surface area contributed by atoms with Crippen molar-refractivity contribution in [2.45, 2.75) is 13.5 Å². The molecule has 0 saturated heterocycles. The van der Waals surface area contributed by atoms with E-state index in [0.29, 0.717) is 18.7 Å². The molecule has 0 aliphatic carbocycles. The molecule has 0 fully saturated rings. The van der Waals surface area contributed by atoms with Gasteiger partial charge < -0.3 is 9.64 Å². The first-order valence-corrected chi connectivity index (χ1v) is 9.16. The zero-order valence-corrected chi connectivity index (χ0v) is 15.3. The maximum absolute atomic E-state index is 12.9. The lowest BCUT2D eigenvalue weighted by atomic mass is 10.0. The van der Waals surface area contributed by atoms with Gasteiger partial charge in [-0.3, -0.25) is 4.79 Å². The van der Waals surface area contributed by atoms with Gasteiger partial charge in [0, 0.05) is 23.2 Å². The van der Waals surface area contributed by atoms with Crippen LogP contribution in [0.3, 0.4) is 0 Å². The molecule has 0 unspecified atom stereocenters. The molecule has 0 saturated carbocycles. The average molecular weight is 355 g/mol. The van der Waals surface area contributed by atoms with Crippen LogP contribution in [0.5, 0.6) is 5.75 Å². The van der Waals surface area contributed by atoms with Crippen LogP contribution < -0.4 is 9.64 Å². The summed E-state index contributed by atoms with van der Waals surface area (Å²) >= 11 is 0. The van der Waals surface area contributed by atoms with E-state index >= 15 is 0 Å². The van der Waals surface area contributed by atoms with Gasteiger partial charge in [-0.1, -0.05) is 66.7 Å². The van der Waals surface area contributed by atoms with E-state index in [1.54, 1.807) is 0 Å². The van der Waals surface area contributed by atoms with Gasteiger partial charge in [-0.15, -0.1) is 0 Å². The monoisotopic (exact) mass is 355 g/mol. The third-order valence-corrected chi connectivity index (χ3v) is 4.73. The van der Waals surface area contributed by atoms with E-state index in [9.17, 15) is 4.79 Å². The largest absolute Gasteiger partial charge is 0.488 e. The maximum atomic E-state index is 12.9. The minimum atomic E-state index is 0.0385. The number of fused-ring (bicyclic) bond motifs is 1. The van der Waals surface area contributed by atoms with Gasteiger partial charge in [-0.25, -0.2) is 0 Å². The third-order valence-electron chi connectivity index (χ3n) is 4.73. The Morgan fingerprint density at radius 2 is 1.59 bits per heavy atom. The number of anilines is 1. The van der Waals surface area contributed by atoms with Crippen LogP contribution in [0.2, 0.25) is 0 Å². The lowest BCUT2D eigenvalue weighted by molar-refractivity contribution is -0.112. The average Bonchev–Trinajstić information content (AvgIpc) is 2.99. The first-order valence-electron chi connectivity index (χ1n) is 9.16. The highest BCUT2D eigenvalue weighted by Crippen LogP contribution is 2.38. The molecule has 4 rings (SSSR count). The molecular formula is C24H21NO2. The fourth-order valence-electron chi connectivity index (χ4n) is 3.38. The van der Waals surface area contributed by atoms with Crippen LogP contribution >= 0.6 is 0 Å². The summed E-state index contributed by atoms with van der Waals surface area (Å²) in [6.07, 6.45) is 1.94. The molecule has 3 nitrogen and oxygen atoms in total. The molecule has 1 heterocycles. The molecule has 0 aromatic heterocycles. The van der Waals surface area contributed by atoms with E-state index in [0.717, 1.165) is 28.1 Å². The van der Waals surface area contributed by atoms with Crippen molar-refractivity contribution in [1.82, 2.24) is 0 Å². The van der Waals surface area contributed by atoms with Gasteiger partial charge in [0.05, 0.1) is 5.69 Å². The van der Waals surface area contributed by atoms with Gasteiger partial charge in [-0.05, 0) is 30.7 Å². The zero-order valence-electron chi connectivity index (χ0n) is 15.3. The van der Waals surface area contributed by atoms with E-state index in [-0.39, 0.29) is 5.91 Å². The highest BCUT2D eigenvalue weighted by Gasteiger charge is 2.30. The normalized spacial score (nSPS) is 14.5. The predicted octanol–water partition coefficient (Wildman–Crippen LogP) is 5.17. The Labute approximate surface area is 159 Å². The summed E-state index contributed by atoms with van der Waals surface area (Å²) in [4.78, 5) is 14.7. The first kappa shape index (κ1) is 17.1. The molecule has 134 valence electrons. The van der Waals surface area contributed by atoms with E-state index in [1.165, 1.54) is 0 Å².